The normalized spacial score (nSPS) is 12.8. The topological polar surface area (TPSA) is 129 Å². The van der Waals surface area contributed by atoms with Gasteiger partial charge < -0.3 is 4.74 Å². The molecule has 0 saturated carbocycles. The van der Waals surface area contributed by atoms with Crippen LogP contribution in [0, 0.1) is 10.1 Å². The Hall–Kier alpha value is -4.29. The highest BCUT2D eigenvalue weighted by Gasteiger charge is 2.24. The van der Waals surface area contributed by atoms with Crippen LogP contribution in [0.5, 0.6) is 5.75 Å². The molecule has 0 spiro atoms. The average Bonchev–Trinajstić information content (AvgIpc) is 3.54. The fraction of sp³-hybridized carbons (Fsp3) is 0.214. The van der Waals surface area contributed by atoms with Gasteiger partial charge in [-0.05, 0) is 74.2 Å². The van der Waals surface area contributed by atoms with E-state index in [0.29, 0.717) is 39.0 Å². The first kappa shape index (κ1) is 27.3. The summed E-state index contributed by atoms with van der Waals surface area (Å²) in [6.07, 6.45) is 7.24. The molecule has 1 N–H and O–H groups in total. The number of benzene rings is 2. The van der Waals surface area contributed by atoms with Crippen LogP contribution >= 0.6 is 23.1 Å². The van der Waals surface area contributed by atoms with E-state index in [2.05, 4.69) is 10.5 Å². The Labute approximate surface area is 237 Å². The molecule has 5 rings (SSSR count). The van der Waals surface area contributed by atoms with Crippen LogP contribution in [0.25, 0.3) is 22.0 Å². The van der Waals surface area contributed by atoms with Gasteiger partial charge >= 0.3 is 0 Å². The minimum Gasteiger partial charge on any atom is -0.494 e. The van der Waals surface area contributed by atoms with E-state index in [1.165, 1.54) is 29.3 Å². The summed E-state index contributed by atoms with van der Waals surface area (Å²) in [5.74, 6) is 0.291. The van der Waals surface area contributed by atoms with Gasteiger partial charge in [-0.25, -0.2) is 10.4 Å². The van der Waals surface area contributed by atoms with Crippen molar-refractivity contribution in [3.8, 4) is 11.4 Å². The molecule has 10 nitrogen and oxygen atoms in total. The summed E-state index contributed by atoms with van der Waals surface area (Å²) in [7, 11) is 0. The number of rotatable bonds is 10. The second kappa shape index (κ2) is 12.3. The van der Waals surface area contributed by atoms with Crippen molar-refractivity contribution in [1.29, 1.82) is 0 Å². The van der Waals surface area contributed by atoms with Gasteiger partial charge in [0.05, 0.1) is 33.9 Å². The number of hydrogen-bond acceptors (Lipinski definition) is 9. The number of carbonyl (C=O) groups excluding carboxylic acids is 1. The first-order valence-corrected chi connectivity index (χ1v) is 14.4. The molecule has 0 saturated heterocycles. The molecule has 1 aliphatic carbocycles. The van der Waals surface area contributed by atoms with Crippen molar-refractivity contribution in [1.82, 2.24) is 15.0 Å². The fourth-order valence-corrected chi connectivity index (χ4v) is 6.57. The molecule has 0 fully saturated rings. The van der Waals surface area contributed by atoms with Gasteiger partial charge in [-0.2, -0.15) is 5.10 Å². The van der Waals surface area contributed by atoms with E-state index >= 15 is 0 Å². The third-order valence-electron chi connectivity index (χ3n) is 6.21. The lowest BCUT2D eigenvalue weighted by molar-refractivity contribution is -0.385. The lowest BCUT2D eigenvalue weighted by Crippen LogP contribution is -2.24. The van der Waals surface area contributed by atoms with E-state index in [4.69, 9.17) is 9.72 Å². The highest BCUT2D eigenvalue weighted by molar-refractivity contribution is 7.99. The zero-order chi connectivity index (χ0) is 28.1. The van der Waals surface area contributed by atoms with Crippen LogP contribution in [-0.4, -0.2) is 39.0 Å². The Morgan fingerprint density at radius 3 is 2.83 bits per heavy atom. The molecular formula is C28H25N5O5S2. The molecule has 2 aromatic heterocycles. The molecule has 1 aliphatic rings. The van der Waals surface area contributed by atoms with E-state index in [1.807, 2.05) is 19.1 Å². The van der Waals surface area contributed by atoms with Crippen molar-refractivity contribution < 1.29 is 14.5 Å². The Morgan fingerprint density at radius 1 is 1.25 bits per heavy atom. The minimum atomic E-state index is -0.460. The molecule has 40 heavy (non-hydrogen) atoms. The van der Waals surface area contributed by atoms with Crippen molar-refractivity contribution in [3.63, 3.8) is 0 Å². The largest absolute Gasteiger partial charge is 0.494 e. The first-order chi connectivity index (χ1) is 19.5. The number of aromatic nitrogens is 2. The van der Waals surface area contributed by atoms with Gasteiger partial charge in [-0.1, -0.05) is 23.9 Å². The molecule has 12 heteroatoms. The molecule has 0 radical (unpaired) electrons. The summed E-state index contributed by atoms with van der Waals surface area (Å²) in [6, 6.07) is 13.6. The summed E-state index contributed by atoms with van der Waals surface area (Å²) < 4.78 is 7.10. The van der Waals surface area contributed by atoms with Gasteiger partial charge in [0.1, 0.15) is 10.6 Å². The first-order valence-electron chi connectivity index (χ1n) is 12.6. The Balaban J connectivity index is 1.33. The second-order valence-corrected chi connectivity index (χ2v) is 10.8. The third kappa shape index (κ3) is 5.82. The number of aryl methyl sites for hydroxylation is 2. The monoisotopic (exact) mass is 575 g/mol. The molecule has 0 unspecified atom stereocenters. The van der Waals surface area contributed by atoms with E-state index in [0.717, 1.165) is 36.6 Å². The number of hydrogen-bond donors (Lipinski definition) is 1. The number of amides is 1. The number of nitrogens with one attached hydrogen (secondary N) is 1. The molecule has 0 aliphatic heterocycles. The lowest BCUT2D eigenvalue weighted by Gasteiger charge is -2.13. The summed E-state index contributed by atoms with van der Waals surface area (Å²) in [4.78, 5) is 43.7. The number of allylic oxidation sites excluding steroid dienone is 1. The highest BCUT2D eigenvalue weighted by atomic mass is 32.2. The van der Waals surface area contributed by atoms with Crippen molar-refractivity contribution in [2.24, 2.45) is 5.10 Å². The molecule has 4 aromatic rings. The maximum atomic E-state index is 13.8. The number of fused-ring (bicyclic) bond motifs is 3. The quantitative estimate of drug-likeness (QED) is 0.0910. The number of ether oxygens (including phenoxy) is 1. The number of thioether (sulfide) groups is 1. The number of nitrogens with zero attached hydrogens (tertiary/aromatic N) is 4. The molecule has 1 amide bonds. The lowest BCUT2D eigenvalue weighted by atomic mass is 10.2. The predicted octanol–water partition coefficient (Wildman–Crippen LogP) is 5.15. The molecule has 204 valence electrons. The van der Waals surface area contributed by atoms with E-state index in [9.17, 15) is 19.7 Å². The molecule has 0 bridgehead atoms. The van der Waals surface area contributed by atoms with Gasteiger partial charge in [-0.15, -0.1) is 11.3 Å². The summed E-state index contributed by atoms with van der Waals surface area (Å²) in [5.41, 5.74) is 4.43. The number of para-hydroxylation sites is 1. The van der Waals surface area contributed by atoms with Gasteiger partial charge in [0.25, 0.3) is 17.2 Å². The standard InChI is InChI=1S/C28H25N5O5S2/c1-2-38-20-14-12-19(13-15-20)32-27(35)25-21-9-5-11-23(21)40-26(25)30-28(32)39-17-24(34)31-29-16-6-8-18-7-3-4-10-22(18)33(36)37/h3-4,6-8,10,12-16H,2,5,9,11,17H2,1H3,(H,31,34). The number of carbonyl (C=O) groups is 1. The Morgan fingerprint density at radius 2 is 2.05 bits per heavy atom. The molecule has 2 heterocycles. The van der Waals surface area contributed by atoms with Crippen molar-refractivity contribution >= 4 is 57.2 Å². The highest BCUT2D eigenvalue weighted by Crippen LogP contribution is 2.36. The third-order valence-corrected chi connectivity index (χ3v) is 8.33. The van der Waals surface area contributed by atoms with E-state index in [1.54, 1.807) is 46.2 Å². The van der Waals surface area contributed by atoms with Gasteiger partial charge in [0.15, 0.2) is 5.16 Å². The van der Waals surface area contributed by atoms with Crippen LogP contribution in [0.4, 0.5) is 5.69 Å². The van der Waals surface area contributed by atoms with Crippen LogP contribution < -0.4 is 15.7 Å². The van der Waals surface area contributed by atoms with E-state index < -0.39 is 4.92 Å². The predicted molar refractivity (Wildman–Crippen MR) is 158 cm³/mol. The summed E-state index contributed by atoms with van der Waals surface area (Å²) in [5, 5.41) is 16.1. The van der Waals surface area contributed by atoms with Crippen molar-refractivity contribution in [3.05, 3.63) is 91.1 Å². The van der Waals surface area contributed by atoms with Crippen LogP contribution in [0.15, 0.2) is 69.7 Å². The zero-order valence-corrected chi connectivity index (χ0v) is 23.2. The fourth-order valence-electron chi connectivity index (χ4n) is 4.46. The van der Waals surface area contributed by atoms with Crippen LogP contribution in [0.3, 0.4) is 0 Å². The summed E-state index contributed by atoms with van der Waals surface area (Å²) in [6.45, 7) is 2.44. The maximum absolute atomic E-state index is 13.8. The van der Waals surface area contributed by atoms with Gasteiger partial charge in [-0.3, -0.25) is 24.3 Å². The average molecular weight is 576 g/mol. The Kier molecular flexibility index (Phi) is 8.37. The van der Waals surface area contributed by atoms with Gasteiger partial charge in [0, 0.05) is 17.2 Å². The SMILES string of the molecule is CCOc1ccc(-n2c(SCC(=O)NN=CC=Cc3ccccc3[N+](=O)[O-])nc3sc4c(c3c2=O)CCC4)cc1. The van der Waals surface area contributed by atoms with Gasteiger partial charge in [0.2, 0.25) is 0 Å². The second-order valence-electron chi connectivity index (χ2n) is 8.78. The summed E-state index contributed by atoms with van der Waals surface area (Å²) >= 11 is 2.70. The molecular weight excluding hydrogens is 550 g/mol. The molecule has 2 aromatic carbocycles. The number of hydrazone groups is 1. The number of thiophene rings is 1. The number of nitro groups is 1. The van der Waals surface area contributed by atoms with Crippen LogP contribution in [0.2, 0.25) is 0 Å². The minimum absolute atomic E-state index is 0.0217. The van der Waals surface area contributed by atoms with Crippen molar-refractivity contribution in [2.75, 3.05) is 12.4 Å². The zero-order valence-electron chi connectivity index (χ0n) is 21.5. The Bertz CT molecular complexity index is 1690. The number of nitro benzene ring substituents is 1. The molecule has 0 atom stereocenters. The van der Waals surface area contributed by atoms with Crippen molar-refractivity contribution in [2.45, 2.75) is 31.3 Å². The van der Waals surface area contributed by atoms with Crippen LogP contribution in [0.1, 0.15) is 29.3 Å². The van der Waals surface area contributed by atoms with E-state index in [-0.39, 0.29) is 22.9 Å². The smallest absolute Gasteiger partial charge is 0.276 e. The maximum Gasteiger partial charge on any atom is 0.276 e. The van der Waals surface area contributed by atoms with Crippen LogP contribution in [-0.2, 0) is 17.6 Å².